The van der Waals surface area contributed by atoms with Gasteiger partial charge in [0.05, 0.1) is 38.8 Å². The van der Waals surface area contributed by atoms with E-state index in [1.807, 2.05) is 0 Å². The van der Waals surface area contributed by atoms with Crippen molar-refractivity contribution in [2.75, 3.05) is 21.3 Å². The van der Waals surface area contributed by atoms with Crippen LogP contribution in [0.4, 0.5) is 0 Å². The molecule has 0 spiro atoms. The van der Waals surface area contributed by atoms with Crippen LogP contribution < -0.4 is 18.9 Å². The average molecular weight is 235 g/mol. The molecule has 0 radical (unpaired) electrons. The molecule has 0 aliphatic heterocycles. The third-order valence-corrected chi connectivity index (χ3v) is 2.57. The Balaban J connectivity index is 2.80. The zero-order chi connectivity index (χ0) is 12.4. The molecule has 0 saturated heterocycles. The fourth-order valence-electron chi connectivity index (χ4n) is 1.70. The van der Waals surface area contributed by atoms with Crippen molar-refractivity contribution in [3.05, 3.63) is 29.5 Å². The number of methoxy groups -OCH3 is 3. The largest absolute Gasteiger partial charge is 0.616 e. The Bertz CT molecular complexity index is 554. The van der Waals surface area contributed by atoms with Crippen molar-refractivity contribution in [2.24, 2.45) is 0 Å². The van der Waals surface area contributed by atoms with Gasteiger partial charge in [0.2, 0.25) is 5.52 Å². The van der Waals surface area contributed by atoms with Gasteiger partial charge in [-0.15, -0.1) is 4.73 Å². The van der Waals surface area contributed by atoms with Gasteiger partial charge in [-0.25, -0.2) is 0 Å². The van der Waals surface area contributed by atoms with Crippen LogP contribution in [0.15, 0.2) is 24.3 Å². The van der Waals surface area contributed by atoms with Crippen LogP contribution in [-0.2, 0) is 0 Å². The summed E-state index contributed by atoms with van der Waals surface area (Å²) >= 11 is 0. The highest BCUT2D eigenvalue weighted by Crippen LogP contribution is 2.30. The lowest BCUT2D eigenvalue weighted by molar-refractivity contribution is -0.584. The van der Waals surface area contributed by atoms with Crippen molar-refractivity contribution in [3.8, 4) is 17.4 Å². The monoisotopic (exact) mass is 235 g/mol. The van der Waals surface area contributed by atoms with Gasteiger partial charge in [0, 0.05) is 6.07 Å². The number of rotatable bonds is 3. The molecule has 0 amide bonds. The van der Waals surface area contributed by atoms with Crippen LogP contribution in [0.2, 0.25) is 0 Å². The second kappa shape index (κ2) is 4.37. The number of pyridine rings is 1. The minimum Gasteiger partial charge on any atom is -0.616 e. The van der Waals surface area contributed by atoms with Gasteiger partial charge in [-0.3, -0.25) is 0 Å². The van der Waals surface area contributed by atoms with E-state index >= 15 is 0 Å². The molecule has 1 heterocycles. The summed E-state index contributed by atoms with van der Waals surface area (Å²) in [4.78, 5) is 0. The van der Waals surface area contributed by atoms with Crippen molar-refractivity contribution in [2.45, 2.75) is 0 Å². The molecule has 0 fully saturated rings. The van der Waals surface area contributed by atoms with Gasteiger partial charge in [-0.1, -0.05) is 0 Å². The average Bonchev–Trinajstić information content (AvgIpc) is 2.38. The number of benzene rings is 1. The Labute approximate surface area is 98.7 Å². The smallest absolute Gasteiger partial charge is 0.379 e. The maximum Gasteiger partial charge on any atom is 0.379 e. The van der Waals surface area contributed by atoms with Crippen molar-refractivity contribution in [1.82, 2.24) is 0 Å². The maximum absolute atomic E-state index is 12.0. The maximum atomic E-state index is 12.0. The number of fused-ring (bicyclic) bond motifs is 1. The highest BCUT2D eigenvalue weighted by molar-refractivity contribution is 5.84. The Morgan fingerprint density at radius 3 is 2.35 bits per heavy atom. The summed E-state index contributed by atoms with van der Waals surface area (Å²) in [5.74, 6) is 1.38. The Hall–Kier alpha value is -2.17. The summed E-state index contributed by atoms with van der Waals surface area (Å²) in [7, 11) is 4.54. The molecule has 0 N–H and O–H groups in total. The fraction of sp³-hybridized carbons (Fsp3) is 0.250. The first-order valence-electron chi connectivity index (χ1n) is 5.03. The number of aromatic nitrogens is 1. The molecule has 2 rings (SSSR count). The summed E-state index contributed by atoms with van der Waals surface area (Å²) in [5, 5.41) is 12.7. The summed E-state index contributed by atoms with van der Waals surface area (Å²) in [6.07, 6.45) is 0. The van der Waals surface area contributed by atoms with Crippen LogP contribution >= 0.6 is 0 Å². The molecule has 0 aliphatic rings. The van der Waals surface area contributed by atoms with E-state index in [0.29, 0.717) is 27.1 Å². The summed E-state index contributed by atoms with van der Waals surface area (Å²) in [5.41, 5.74) is 0.445. The predicted octanol–water partition coefficient (Wildman–Crippen LogP) is 1.50. The van der Waals surface area contributed by atoms with Crippen LogP contribution in [0.25, 0.3) is 10.9 Å². The molecular weight excluding hydrogens is 222 g/mol. The fourth-order valence-corrected chi connectivity index (χ4v) is 1.70. The van der Waals surface area contributed by atoms with Gasteiger partial charge >= 0.3 is 5.88 Å². The van der Waals surface area contributed by atoms with Gasteiger partial charge < -0.3 is 19.4 Å². The van der Waals surface area contributed by atoms with Crippen molar-refractivity contribution in [3.63, 3.8) is 0 Å². The third-order valence-electron chi connectivity index (χ3n) is 2.57. The quantitative estimate of drug-likeness (QED) is 0.597. The lowest BCUT2D eigenvalue weighted by Gasteiger charge is -2.10. The summed E-state index contributed by atoms with van der Waals surface area (Å²) in [6.45, 7) is 0. The molecular formula is C12H13NO4. The first kappa shape index (κ1) is 11.3. The first-order valence-corrected chi connectivity index (χ1v) is 5.03. The number of nitrogens with zero attached hydrogens (tertiary/aromatic N) is 1. The minimum atomic E-state index is 0.229. The SMILES string of the molecule is COc1cc(OC)c2ccc(OC)[n+]([O-])c2c1. The molecule has 5 nitrogen and oxygen atoms in total. The highest BCUT2D eigenvalue weighted by Gasteiger charge is 2.15. The minimum absolute atomic E-state index is 0.229. The molecule has 5 heteroatoms. The molecule has 0 bridgehead atoms. The van der Waals surface area contributed by atoms with Crippen LogP contribution in [0.3, 0.4) is 0 Å². The van der Waals surface area contributed by atoms with E-state index in [2.05, 4.69) is 0 Å². The lowest BCUT2D eigenvalue weighted by Crippen LogP contribution is -2.29. The van der Waals surface area contributed by atoms with Crippen molar-refractivity contribution in [1.29, 1.82) is 0 Å². The molecule has 1 aromatic heterocycles. The van der Waals surface area contributed by atoms with Gasteiger partial charge in [0.15, 0.2) is 0 Å². The number of hydrogen-bond donors (Lipinski definition) is 0. The molecule has 0 unspecified atom stereocenters. The van der Waals surface area contributed by atoms with Crippen LogP contribution in [0, 0.1) is 5.21 Å². The molecule has 0 aliphatic carbocycles. The molecule has 90 valence electrons. The molecule has 0 saturated carbocycles. The van der Waals surface area contributed by atoms with E-state index in [9.17, 15) is 5.21 Å². The van der Waals surface area contributed by atoms with Crippen LogP contribution in [0.1, 0.15) is 0 Å². The number of hydrogen-bond acceptors (Lipinski definition) is 4. The third kappa shape index (κ3) is 1.80. The van der Waals surface area contributed by atoms with E-state index < -0.39 is 0 Å². The van der Waals surface area contributed by atoms with Gasteiger partial charge in [-0.05, 0) is 6.07 Å². The number of ether oxygens (including phenoxy) is 3. The van der Waals surface area contributed by atoms with Gasteiger partial charge in [0.1, 0.15) is 11.5 Å². The molecule has 0 atom stereocenters. The second-order valence-electron chi connectivity index (χ2n) is 3.43. The van der Waals surface area contributed by atoms with E-state index in [-0.39, 0.29) is 5.88 Å². The molecule has 1 aromatic carbocycles. The van der Waals surface area contributed by atoms with Gasteiger partial charge in [-0.2, -0.15) is 0 Å². The summed E-state index contributed by atoms with van der Waals surface area (Å²) in [6, 6.07) is 6.76. The predicted molar refractivity (Wildman–Crippen MR) is 62.6 cm³/mol. The van der Waals surface area contributed by atoms with Crippen molar-refractivity contribution >= 4 is 10.9 Å². The first-order chi connectivity index (χ1) is 8.21. The standard InChI is InChI=1S/C12H13NO4/c1-15-8-6-10-9(11(7-8)16-2)4-5-12(17-3)13(10)14/h4-7H,1-3H3. The lowest BCUT2D eigenvalue weighted by atomic mass is 10.2. The Morgan fingerprint density at radius 2 is 1.76 bits per heavy atom. The van der Waals surface area contributed by atoms with Crippen LogP contribution in [0.5, 0.6) is 17.4 Å². The normalized spacial score (nSPS) is 10.3. The van der Waals surface area contributed by atoms with E-state index in [0.717, 1.165) is 0 Å². The van der Waals surface area contributed by atoms with Gasteiger partial charge in [0.25, 0.3) is 0 Å². The topological polar surface area (TPSA) is 54.6 Å². The van der Waals surface area contributed by atoms with Crippen molar-refractivity contribution < 1.29 is 18.9 Å². The molecule has 2 aromatic rings. The second-order valence-corrected chi connectivity index (χ2v) is 3.43. The molecule has 17 heavy (non-hydrogen) atoms. The van der Waals surface area contributed by atoms with E-state index in [1.54, 1.807) is 31.4 Å². The Morgan fingerprint density at radius 1 is 1.00 bits per heavy atom. The van der Waals surface area contributed by atoms with E-state index in [4.69, 9.17) is 14.2 Å². The Kier molecular flexibility index (Phi) is 2.91. The zero-order valence-electron chi connectivity index (χ0n) is 9.89. The zero-order valence-corrected chi connectivity index (χ0v) is 9.89. The van der Waals surface area contributed by atoms with Crippen LogP contribution in [-0.4, -0.2) is 21.3 Å². The highest BCUT2D eigenvalue weighted by atomic mass is 16.5. The summed E-state index contributed by atoms with van der Waals surface area (Å²) < 4.78 is 16.0. The van der Waals surface area contributed by atoms with E-state index in [1.165, 1.54) is 14.2 Å².